The molecule has 0 aliphatic rings. The van der Waals surface area contributed by atoms with Gasteiger partial charge >= 0.3 is 0 Å². The van der Waals surface area contributed by atoms with Crippen molar-refractivity contribution in [1.29, 1.82) is 0 Å². The Labute approximate surface area is 153 Å². The molecule has 0 bridgehead atoms. The second-order valence-corrected chi connectivity index (χ2v) is 6.37. The highest BCUT2D eigenvalue weighted by Crippen LogP contribution is 2.46. The van der Waals surface area contributed by atoms with Crippen LogP contribution >= 0.6 is 69.6 Å². The third-order valence-electron chi connectivity index (χ3n) is 3.00. The van der Waals surface area contributed by atoms with Gasteiger partial charge in [0, 0.05) is 16.7 Å². The minimum atomic E-state index is -0.712. The van der Waals surface area contributed by atoms with Crippen LogP contribution in [0.2, 0.25) is 30.9 Å². The van der Waals surface area contributed by atoms with E-state index >= 15 is 0 Å². The van der Waals surface area contributed by atoms with E-state index in [1.165, 1.54) is 0 Å². The molecule has 3 aromatic rings. The fourth-order valence-electron chi connectivity index (χ4n) is 2.10. The van der Waals surface area contributed by atoms with Crippen molar-refractivity contribution in [3.63, 3.8) is 0 Å². The maximum atomic E-state index is 6.15. The molecule has 22 heavy (non-hydrogen) atoms. The number of aromatic nitrogens is 6. The number of H-pyrrole nitrogens is 3. The Morgan fingerprint density at radius 3 is 1.00 bits per heavy atom. The van der Waals surface area contributed by atoms with Gasteiger partial charge in [-0.3, -0.25) is 15.3 Å². The van der Waals surface area contributed by atoms with Crippen molar-refractivity contribution >= 4 is 69.6 Å². The molecule has 0 spiro atoms. The Morgan fingerprint density at radius 1 is 0.545 bits per heavy atom. The zero-order valence-electron chi connectivity index (χ0n) is 10.2. The van der Waals surface area contributed by atoms with Gasteiger partial charge in [0.25, 0.3) is 0 Å². The van der Waals surface area contributed by atoms with Crippen LogP contribution in [0.25, 0.3) is 0 Å². The molecule has 3 rings (SSSR count). The summed E-state index contributed by atoms with van der Waals surface area (Å²) >= 11 is 36.8. The Morgan fingerprint density at radius 2 is 0.818 bits per heavy atom. The van der Waals surface area contributed by atoms with E-state index in [0.717, 1.165) is 0 Å². The quantitative estimate of drug-likeness (QED) is 0.560. The van der Waals surface area contributed by atoms with Crippen LogP contribution in [-0.2, 0) is 0 Å². The summed E-state index contributed by atoms with van der Waals surface area (Å²) in [5, 5.41) is 20.2. The largest absolute Gasteiger partial charge is 0.265 e. The second kappa shape index (κ2) is 6.11. The summed E-state index contributed by atoms with van der Waals surface area (Å²) in [5.41, 5.74) is 1.20. The lowest BCUT2D eigenvalue weighted by Gasteiger charge is -2.16. The molecule has 0 aliphatic heterocycles. The molecule has 3 aromatic heterocycles. The van der Waals surface area contributed by atoms with Crippen LogP contribution in [-0.4, -0.2) is 30.6 Å². The van der Waals surface area contributed by atoms with E-state index in [4.69, 9.17) is 69.6 Å². The average molecular weight is 421 g/mol. The van der Waals surface area contributed by atoms with Gasteiger partial charge < -0.3 is 0 Å². The average Bonchev–Trinajstić information content (AvgIpc) is 3.08. The molecule has 0 unspecified atom stereocenters. The van der Waals surface area contributed by atoms with Gasteiger partial charge in [-0.25, -0.2) is 0 Å². The highest BCUT2D eigenvalue weighted by atomic mass is 35.5. The van der Waals surface area contributed by atoms with E-state index in [1.54, 1.807) is 0 Å². The van der Waals surface area contributed by atoms with Crippen LogP contribution < -0.4 is 0 Å². The molecule has 0 radical (unpaired) electrons. The van der Waals surface area contributed by atoms with Crippen molar-refractivity contribution in [2.24, 2.45) is 0 Å². The van der Waals surface area contributed by atoms with Crippen molar-refractivity contribution in [1.82, 2.24) is 30.6 Å². The highest BCUT2D eigenvalue weighted by molar-refractivity contribution is 6.38. The van der Waals surface area contributed by atoms with E-state index in [2.05, 4.69) is 30.6 Å². The Hall–Kier alpha value is -0.630. The first-order chi connectivity index (χ1) is 10.4. The number of hydrogen-bond acceptors (Lipinski definition) is 3. The smallest absolute Gasteiger partial charge is 0.156 e. The zero-order valence-corrected chi connectivity index (χ0v) is 14.7. The SMILES string of the molecule is Clc1n[nH]c(Cl)c1C(c1c(Cl)n[nH]c1Cl)c1c(Cl)n[nH]c1Cl. The first-order valence-corrected chi connectivity index (χ1v) is 7.86. The Kier molecular flexibility index (Phi) is 4.51. The highest BCUT2D eigenvalue weighted by Gasteiger charge is 2.34. The molecule has 0 atom stereocenters. The van der Waals surface area contributed by atoms with Crippen LogP contribution in [0.5, 0.6) is 0 Å². The number of nitrogens with one attached hydrogen (secondary N) is 3. The first-order valence-electron chi connectivity index (χ1n) is 5.59. The topological polar surface area (TPSA) is 86.0 Å². The molecule has 3 heterocycles. The lowest BCUT2D eigenvalue weighted by molar-refractivity contribution is 0.984. The van der Waals surface area contributed by atoms with Gasteiger partial charge in [0.05, 0.1) is 5.92 Å². The van der Waals surface area contributed by atoms with Gasteiger partial charge in [0.1, 0.15) is 15.5 Å². The van der Waals surface area contributed by atoms with Gasteiger partial charge in [0.2, 0.25) is 0 Å². The van der Waals surface area contributed by atoms with Crippen LogP contribution in [0.3, 0.4) is 0 Å². The lowest BCUT2D eigenvalue weighted by Crippen LogP contribution is -2.05. The molecule has 3 N–H and O–H groups in total. The van der Waals surface area contributed by atoms with Crippen LogP contribution in [0.15, 0.2) is 0 Å². The maximum absolute atomic E-state index is 6.15. The summed E-state index contributed by atoms with van der Waals surface area (Å²) in [7, 11) is 0. The van der Waals surface area contributed by atoms with Gasteiger partial charge in [-0.05, 0) is 0 Å². The van der Waals surface area contributed by atoms with Crippen molar-refractivity contribution in [3.8, 4) is 0 Å². The number of halogens is 6. The van der Waals surface area contributed by atoms with Gasteiger partial charge in [0.15, 0.2) is 15.5 Å². The molecule has 0 saturated carbocycles. The van der Waals surface area contributed by atoms with Crippen molar-refractivity contribution < 1.29 is 0 Å². The van der Waals surface area contributed by atoms with E-state index in [9.17, 15) is 0 Å². The molecule has 12 heteroatoms. The molecule has 0 fully saturated rings. The summed E-state index contributed by atoms with van der Waals surface area (Å²) in [6.07, 6.45) is 0. The number of nitrogens with zero attached hydrogens (tertiary/aromatic N) is 3. The molecule has 0 aliphatic carbocycles. The van der Waals surface area contributed by atoms with Gasteiger partial charge in [-0.2, -0.15) is 15.3 Å². The van der Waals surface area contributed by atoms with Crippen LogP contribution in [0.4, 0.5) is 0 Å². The van der Waals surface area contributed by atoms with E-state index < -0.39 is 5.92 Å². The first kappa shape index (κ1) is 16.2. The predicted octanol–water partition coefficient (Wildman–Crippen LogP) is 4.96. The zero-order chi connectivity index (χ0) is 16.0. The fraction of sp³-hybridized carbons (Fsp3) is 0.100. The maximum Gasteiger partial charge on any atom is 0.156 e. The van der Waals surface area contributed by atoms with Gasteiger partial charge in [-0.15, -0.1) is 0 Å². The summed E-state index contributed by atoms with van der Waals surface area (Å²) in [6, 6.07) is 0. The second-order valence-electron chi connectivity index (χ2n) is 4.16. The molecule has 6 nitrogen and oxygen atoms in total. The summed E-state index contributed by atoms with van der Waals surface area (Å²) in [6.45, 7) is 0. The number of rotatable bonds is 3. The number of hydrogen-bond donors (Lipinski definition) is 3. The molecular formula is C10H4Cl6N6. The van der Waals surface area contributed by atoms with Crippen LogP contribution in [0, 0.1) is 0 Å². The van der Waals surface area contributed by atoms with Crippen molar-refractivity contribution in [3.05, 3.63) is 47.6 Å². The minimum absolute atomic E-state index is 0.122. The molecule has 0 amide bonds. The third-order valence-corrected chi connectivity index (χ3v) is 4.73. The molecule has 116 valence electrons. The minimum Gasteiger partial charge on any atom is -0.265 e. The lowest BCUT2D eigenvalue weighted by atomic mass is 9.90. The van der Waals surface area contributed by atoms with E-state index in [0.29, 0.717) is 16.7 Å². The molecule has 0 saturated heterocycles. The van der Waals surface area contributed by atoms with Crippen molar-refractivity contribution in [2.45, 2.75) is 5.92 Å². The normalized spacial score (nSPS) is 11.6. The summed E-state index contributed by atoms with van der Waals surface area (Å²) in [5.74, 6) is -0.712. The summed E-state index contributed by atoms with van der Waals surface area (Å²) < 4.78 is 0. The summed E-state index contributed by atoms with van der Waals surface area (Å²) in [4.78, 5) is 0. The Balaban J connectivity index is 2.34. The Bertz CT molecular complexity index is 667. The molecule has 0 aromatic carbocycles. The van der Waals surface area contributed by atoms with E-state index in [1.807, 2.05) is 0 Å². The van der Waals surface area contributed by atoms with E-state index in [-0.39, 0.29) is 30.9 Å². The number of aromatic amines is 3. The standard InChI is InChI=1S/C10H4Cl6N6/c11-5-2(6(12)18-17-5)1(3-7(13)19-20-8(3)14)4-9(15)21-22-10(4)16/h1H,(H,17,18)(H,19,20)(H,21,22). The van der Waals surface area contributed by atoms with Crippen molar-refractivity contribution in [2.75, 3.05) is 0 Å². The van der Waals surface area contributed by atoms with Crippen LogP contribution in [0.1, 0.15) is 22.6 Å². The molecular weight excluding hydrogens is 417 g/mol. The third kappa shape index (κ3) is 2.58. The predicted molar refractivity (Wildman–Crippen MR) is 86.8 cm³/mol. The van der Waals surface area contributed by atoms with Gasteiger partial charge in [-0.1, -0.05) is 69.6 Å². The fourth-order valence-corrected chi connectivity index (χ4v) is 3.70. The monoisotopic (exact) mass is 418 g/mol.